The first kappa shape index (κ1) is 14.7. The van der Waals surface area contributed by atoms with Gasteiger partial charge in [-0.15, -0.1) is 0 Å². The number of nitrogens with zero attached hydrogens (tertiary/aromatic N) is 3. The lowest BCUT2D eigenvalue weighted by Gasteiger charge is -2.21. The van der Waals surface area contributed by atoms with Crippen LogP contribution in [0.5, 0.6) is 0 Å². The number of rotatable bonds is 4. The van der Waals surface area contributed by atoms with Crippen LogP contribution >= 0.6 is 0 Å². The van der Waals surface area contributed by atoms with Crippen LogP contribution in [0.1, 0.15) is 21.5 Å². The Kier molecular flexibility index (Phi) is 3.94. The lowest BCUT2D eigenvalue weighted by Crippen LogP contribution is -2.33. The highest BCUT2D eigenvalue weighted by atomic mass is 16.2. The number of aromatic nitrogens is 1. The van der Waals surface area contributed by atoms with E-state index in [2.05, 4.69) is 22.0 Å². The van der Waals surface area contributed by atoms with Crippen LogP contribution in [0.15, 0.2) is 36.7 Å². The lowest BCUT2D eigenvalue weighted by molar-refractivity contribution is 0.0786. The number of carbonyl (C=O) groups excluding carboxylic acids is 1. The molecule has 0 N–H and O–H groups in total. The smallest absolute Gasteiger partial charge is 0.255 e. The number of carbonyl (C=O) groups is 1. The van der Waals surface area contributed by atoms with Gasteiger partial charge in [0.2, 0.25) is 0 Å². The van der Waals surface area contributed by atoms with Gasteiger partial charge in [0.1, 0.15) is 0 Å². The van der Waals surface area contributed by atoms with Gasteiger partial charge < -0.3 is 9.80 Å². The van der Waals surface area contributed by atoms with Crippen molar-refractivity contribution in [3.63, 3.8) is 0 Å². The Morgan fingerprint density at radius 3 is 2.64 bits per heavy atom. The Morgan fingerprint density at radius 1 is 1.09 bits per heavy atom. The van der Waals surface area contributed by atoms with Crippen LogP contribution in [0.25, 0.3) is 11.1 Å². The molecular weight excluding hydrogens is 274 g/mol. The van der Waals surface area contributed by atoms with Gasteiger partial charge >= 0.3 is 0 Å². The minimum absolute atomic E-state index is 0.0444. The van der Waals surface area contributed by atoms with E-state index in [-0.39, 0.29) is 5.91 Å². The highest BCUT2D eigenvalue weighted by Crippen LogP contribution is 2.38. The predicted molar refractivity (Wildman–Crippen MR) is 88.0 cm³/mol. The van der Waals surface area contributed by atoms with Gasteiger partial charge in [-0.05, 0) is 30.8 Å². The van der Waals surface area contributed by atoms with Crippen LogP contribution in [0.4, 0.5) is 0 Å². The maximum Gasteiger partial charge on any atom is 0.255 e. The Bertz CT molecular complexity index is 709. The molecule has 1 aromatic heterocycles. The zero-order chi connectivity index (χ0) is 15.7. The van der Waals surface area contributed by atoms with Crippen LogP contribution in [0, 0.1) is 0 Å². The van der Waals surface area contributed by atoms with E-state index in [1.54, 1.807) is 11.1 Å². The molecule has 1 amide bonds. The Labute approximate surface area is 131 Å². The largest absolute Gasteiger partial charge is 0.340 e. The summed E-state index contributed by atoms with van der Waals surface area (Å²) in [7, 11) is 5.87. The standard InChI is InChI=1S/C18H21N3O/c1-20(2)8-9-21(3)18(22)16-12-19-11-14-10-13-6-4-5-7-15(13)17(14)16/h4-7,11-12H,8-10H2,1-3H3. The molecule has 0 spiro atoms. The third kappa shape index (κ3) is 2.62. The predicted octanol–water partition coefficient (Wildman–Crippen LogP) is 2.29. The van der Waals surface area contributed by atoms with E-state index in [1.807, 2.05) is 39.5 Å². The fourth-order valence-electron chi connectivity index (χ4n) is 2.90. The molecule has 1 aliphatic rings. The van der Waals surface area contributed by atoms with Crippen LogP contribution in [-0.2, 0) is 6.42 Å². The van der Waals surface area contributed by atoms with E-state index in [0.717, 1.165) is 24.1 Å². The molecule has 114 valence electrons. The fraction of sp³-hybridized carbons (Fsp3) is 0.333. The van der Waals surface area contributed by atoms with Crippen molar-refractivity contribution in [2.75, 3.05) is 34.2 Å². The first-order chi connectivity index (χ1) is 10.6. The third-order valence-electron chi connectivity index (χ3n) is 4.15. The van der Waals surface area contributed by atoms with Crippen LogP contribution in [0.2, 0.25) is 0 Å². The van der Waals surface area contributed by atoms with E-state index < -0.39 is 0 Å². The molecule has 22 heavy (non-hydrogen) atoms. The minimum Gasteiger partial charge on any atom is -0.340 e. The molecule has 0 atom stereocenters. The quantitative estimate of drug-likeness (QED) is 0.741. The number of hydrogen-bond donors (Lipinski definition) is 0. The summed E-state index contributed by atoms with van der Waals surface area (Å²) in [5, 5.41) is 0. The highest BCUT2D eigenvalue weighted by Gasteiger charge is 2.25. The first-order valence-corrected chi connectivity index (χ1v) is 7.53. The Morgan fingerprint density at radius 2 is 1.86 bits per heavy atom. The third-order valence-corrected chi connectivity index (χ3v) is 4.15. The highest BCUT2D eigenvalue weighted by molar-refractivity contribution is 6.02. The molecule has 0 fully saturated rings. The van der Waals surface area contributed by atoms with Gasteiger partial charge in [-0.3, -0.25) is 9.78 Å². The van der Waals surface area contributed by atoms with Crippen molar-refractivity contribution in [3.05, 3.63) is 53.3 Å². The molecule has 0 aliphatic heterocycles. The van der Waals surface area contributed by atoms with E-state index in [4.69, 9.17) is 0 Å². The summed E-state index contributed by atoms with van der Waals surface area (Å²) < 4.78 is 0. The second kappa shape index (κ2) is 5.89. The molecule has 1 aliphatic carbocycles. The van der Waals surface area contributed by atoms with Crippen molar-refractivity contribution in [1.82, 2.24) is 14.8 Å². The van der Waals surface area contributed by atoms with Gasteiger partial charge in [0.25, 0.3) is 5.91 Å². The van der Waals surface area contributed by atoms with E-state index in [1.165, 1.54) is 11.1 Å². The first-order valence-electron chi connectivity index (χ1n) is 7.53. The second-order valence-corrected chi connectivity index (χ2v) is 6.09. The summed E-state index contributed by atoms with van der Waals surface area (Å²) in [6, 6.07) is 8.29. The number of benzene rings is 1. The zero-order valence-electron chi connectivity index (χ0n) is 13.3. The van der Waals surface area contributed by atoms with Crippen molar-refractivity contribution in [1.29, 1.82) is 0 Å². The summed E-state index contributed by atoms with van der Waals surface area (Å²) in [5.74, 6) is 0.0444. The average molecular weight is 295 g/mol. The van der Waals surface area contributed by atoms with Gasteiger partial charge in [-0.1, -0.05) is 24.3 Å². The lowest BCUT2D eigenvalue weighted by atomic mass is 10.0. The van der Waals surface area contributed by atoms with Gasteiger partial charge in [-0.25, -0.2) is 0 Å². The summed E-state index contributed by atoms with van der Waals surface area (Å²) >= 11 is 0. The molecule has 0 saturated carbocycles. The van der Waals surface area contributed by atoms with Gasteiger partial charge in [0.15, 0.2) is 0 Å². The molecule has 4 heteroatoms. The van der Waals surface area contributed by atoms with E-state index in [0.29, 0.717) is 12.1 Å². The topological polar surface area (TPSA) is 36.4 Å². The molecule has 1 aromatic carbocycles. The fourth-order valence-corrected chi connectivity index (χ4v) is 2.90. The Balaban J connectivity index is 1.94. The van der Waals surface area contributed by atoms with Crippen LogP contribution < -0.4 is 0 Å². The summed E-state index contributed by atoms with van der Waals surface area (Å²) in [6.07, 6.45) is 4.45. The van der Waals surface area contributed by atoms with Gasteiger partial charge in [0, 0.05) is 44.5 Å². The molecule has 2 aromatic rings. The molecule has 0 saturated heterocycles. The van der Waals surface area contributed by atoms with Crippen LogP contribution in [-0.4, -0.2) is 54.9 Å². The maximum absolute atomic E-state index is 12.8. The molecule has 4 nitrogen and oxygen atoms in total. The van der Waals surface area contributed by atoms with Crippen molar-refractivity contribution in [2.45, 2.75) is 6.42 Å². The molecule has 0 bridgehead atoms. The maximum atomic E-state index is 12.8. The van der Waals surface area contributed by atoms with Gasteiger partial charge in [0.05, 0.1) is 5.56 Å². The van der Waals surface area contributed by atoms with E-state index in [9.17, 15) is 4.79 Å². The molecular formula is C18H21N3O. The molecule has 1 heterocycles. The number of pyridine rings is 1. The summed E-state index contributed by atoms with van der Waals surface area (Å²) in [5.41, 5.74) is 5.36. The number of amides is 1. The van der Waals surface area contributed by atoms with Crippen molar-refractivity contribution >= 4 is 5.91 Å². The molecule has 0 radical (unpaired) electrons. The van der Waals surface area contributed by atoms with E-state index >= 15 is 0 Å². The number of hydrogen-bond acceptors (Lipinski definition) is 3. The monoisotopic (exact) mass is 295 g/mol. The van der Waals surface area contributed by atoms with Crippen molar-refractivity contribution in [3.8, 4) is 11.1 Å². The normalized spacial score (nSPS) is 12.2. The minimum atomic E-state index is 0.0444. The number of fused-ring (bicyclic) bond motifs is 3. The zero-order valence-corrected chi connectivity index (χ0v) is 13.3. The summed E-state index contributed by atoms with van der Waals surface area (Å²) in [4.78, 5) is 20.9. The van der Waals surface area contributed by atoms with Gasteiger partial charge in [-0.2, -0.15) is 0 Å². The van der Waals surface area contributed by atoms with Crippen molar-refractivity contribution in [2.24, 2.45) is 0 Å². The van der Waals surface area contributed by atoms with Crippen LogP contribution in [0.3, 0.4) is 0 Å². The second-order valence-electron chi connectivity index (χ2n) is 6.09. The summed E-state index contributed by atoms with van der Waals surface area (Å²) in [6.45, 7) is 1.55. The number of likely N-dealkylation sites (N-methyl/N-ethyl adjacent to an activating group) is 2. The molecule has 0 unspecified atom stereocenters. The molecule has 3 rings (SSSR count). The Hall–Kier alpha value is -2.20. The van der Waals surface area contributed by atoms with Crippen molar-refractivity contribution < 1.29 is 4.79 Å². The average Bonchev–Trinajstić information content (AvgIpc) is 2.90. The SMILES string of the molecule is CN(C)CCN(C)C(=O)c1cncc2c1-c1ccccc1C2.